The van der Waals surface area contributed by atoms with Crippen LogP contribution in [-0.4, -0.2) is 40.5 Å². The standard InChI is InChI=1S/C29H30N2O4/c1-17-12-14-19(15-13-17)27(33)31-21-16-22(32)24(26(31)18-8-4-2-5-9-18)25-23(21)28(34)30(29(25)35)20-10-6-3-7-11-20/h3,6-7,10-15,18,21,23-26H,2,4-5,8-9,16H2,1H3. The van der Waals surface area contributed by atoms with Crippen molar-refractivity contribution >= 4 is 29.2 Å². The number of piperidine rings is 2. The van der Waals surface area contributed by atoms with Gasteiger partial charge in [-0.05, 0) is 49.9 Å². The van der Waals surface area contributed by atoms with Crippen LogP contribution in [0.15, 0.2) is 54.6 Å². The molecule has 6 heteroatoms. The van der Waals surface area contributed by atoms with E-state index in [-0.39, 0.29) is 41.9 Å². The number of hydrogen-bond donors (Lipinski definition) is 0. The van der Waals surface area contributed by atoms with Gasteiger partial charge in [0.1, 0.15) is 5.78 Å². The number of ketones is 1. The molecule has 2 aliphatic carbocycles. The van der Waals surface area contributed by atoms with E-state index >= 15 is 0 Å². The fourth-order valence-corrected chi connectivity index (χ4v) is 7.19. The third-order valence-electron chi connectivity index (χ3n) is 8.71. The molecule has 35 heavy (non-hydrogen) atoms. The molecule has 5 atom stereocenters. The Kier molecular flexibility index (Phi) is 5.35. The molecule has 5 fully saturated rings. The summed E-state index contributed by atoms with van der Waals surface area (Å²) in [4.78, 5) is 58.1. The van der Waals surface area contributed by atoms with Crippen LogP contribution in [0.5, 0.6) is 0 Å². The van der Waals surface area contributed by atoms with E-state index in [1.54, 1.807) is 24.3 Å². The van der Waals surface area contributed by atoms with Crippen molar-refractivity contribution in [3.05, 3.63) is 65.7 Å². The van der Waals surface area contributed by atoms with Gasteiger partial charge in [0.25, 0.3) is 5.91 Å². The van der Waals surface area contributed by atoms with Crippen LogP contribution in [0, 0.1) is 30.6 Å². The molecule has 180 valence electrons. The minimum atomic E-state index is -0.678. The number of benzene rings is 2. The first-order chi connectivity index (χ1) is 17.0. The summed E-state index contributed by atoms with van der Waals surface area (Å²) in [6.45, 7) is 1.98. The van der Waals surface area contributed by atoms with Gasteiger partial charge in [0, 0.05) is 18.0 Å². The number of aryl methyl sites for hydroxylation is 1. The number of carbonyl (C=O) groups is 4. The number of fused-ring (bicyclic) bond motifs is 2. The second-order valence-electron chi connectivity index (χ2n) is 10.6. The predicted octanol–water partition coefficient (Wildman–Crippen LogP) is 4.16. The zero-order valence-electron chi connectivity index (χ0n) is 19.9. The van der Waals surface area contributed by atoms with E-state index in [2.05, 4.69) is 0 Å². The predicted molar refractivity (Wildman–Crippen MR) is 131 cm³/mol. The quantitative estimate of drug-likeness (QED) is 0.632. The van der Waals surface area contributed by atoms with Crippen molar-refractivity contribution in [3.63, 3.8) is 0 Å². The Balaban J connectivity index is 1.45. The average Bonchev–Trinajstić information content (AvgIpc) is 3.15. The molecule has 0 spiro atoms. The Hall–Kier alpha value is -3.28. The first-order valence-corrected chi connectivity index (χ1v) is 12.8. The summed E-state index contributed by atoms with van der Waals surface area (Å²) in [7, 11) is 0. The summed E-state index contributed by atoms with van der Waals surface area (Å²) >= 11 is 0. The molecule has 2 aromatic carbocycles. The maximum absolute atomic E-state index is 14.0. The first kappa shape index (κ1) is 22.2. The molecule has 6 nitrogen and oxygen atoms in total. The van der Waals surface area contributed by atoms with Crippen LogP contribution in [0.4, 0.5) is 5.69 Å². The smallest absolute Gasteiger partial charge is 0.254 e. The number of anilines is 1. The maximum Gasteiger partial charge on any atom is 0.254 e. The zero-order valence-corrected chi connectivity index (χ0v) is 19.9. The van der Waals surface area contributed by atoms with Gasteiger partial charge >= 0.3 is 0 Å². The molecule has 0 radical (unpaired) electrons. The van der Waals surface area contributed by atoms with Gasteiger partial charge < -0.3 is 4.90 Å². The van der Waals surface area contributed by atoms with Crippen molar-refractivity contribution in [2.24, 2.45) is 23.7 Å². The van der Waals surface area contributed by atoms with E-state index in [1.165, 1.54) is 4.90 Å². The number of carbonyl (C=O) groups excluding carboxylic acids is 4. The largest absolute Gasteiger partial charge is 0.330 e. The number of imide groups is 1. The maximum atomic E-state index is 14.0. The molecule has 3 amide bonds. The highest BCUT2D eigenvalue weighted by Gasteiger charge is 2.68. The van der Waals surface area contributed by atoms with Gasteiger partial charge in [-0.3, -0.25) is 19.2 Å². The lowest BCUT2D eigenvalue weighted by Crippen LogP contribution is -2.70. The van der Waals surface area contributed by atoms with Crippen molar-refractivity contribution in [2.75, 3.05) is 4.90 Å². The van der Waals surface area contributed by atoms with Gasteiger partial charge in [0.05, 0.1) is 29.5 Å². The molecule has 0 aromatic heterocycles. The first-order valence-electron chi connectivity index (χ1n) is 12.8. The van der Waals surface area contributed by atoms with Gasteiger partial charge in [0.2, 0.25) is 11.8 Å². The highest BCUT2D eigenvalue weighted by atomic mass is 16.2. The summed E-state index contributed by atoms with van der Waals surface area (Å²) in [5.41, 5.74) is 2.18. The third-order valence-corrected chi connectivity index (χ3v) is 8.71. The molecular weight excluding hydrogens is 440 g/mol. The molecule has 3 aliphatic heterocycles. The highest BCUT2D eigenvalue weighted by Crippen LogP contribution is 2.53. The Morgan fingerprint density at radius 2 is 1.46 bits per heavy atom. The monoisotopic (exact) mass is 470 g/mol. The summed E-state index contributed by atoms with van der Waals surface area (Å²) in [5, 5.41) is 0. The van der Waals surface area contributed by atoms with E-state index in [0.717, 1.165) is 37.7 Å². The minimum absolute atomic E-state index is 0.0378. The average molecular weight is 471 g/mol. The number of hydrogen-bond acceptors (Lipinski definition) is 4. The molecule has 0 N–H and O–H groups in total. The molecule has 2 aromatic rings. The van der Waals surface area contributed by atoms with E-state index in [0.29, 0.717) is 11.3 Å². The lowest BCUT2D eigenvalue weighted by molar-refractivity contribution is -0.157. The van der Waals surface area contributed by atoms with E-state index in [4.69, 9.17) is 0 Å². The fraction of sp³-hybridized carbons (Fsp3) is 0.448. The number of para-hydroxylation sites is 1. The second kappa shape index (κ2) is 8.43. The number of nitrogens with zero attached hydrogens (tertiary/aromatic N) is 2. The van der Waals surface area contributed by atoms with Gasteiger partial charge in [-0.1, -0.05) is 55.2 Å². The lowest BCUT2D eigenvalue weighted by atomic mass is 9.58. The second-order valence-corrected chi connectivity index (χ2v) is 10.6. The Morgan fingerprint density at radius 3 is 2.14 bits per heavy atom. The topological polar surface area (TPSA) is 74.8 Å². The molecule has 7 rings (SSSR count). The molecule has 2 bridgehead atoms. The fourth-order valence-electron chi connectivity index (χ4n) is 7.19. The zero-order chi connectivity index (χ0) is 24.3. The van der Waals surface area contributed by atoms with Crippen LogP contribution in [0.1, 0.15) is 54.4 Å². The van der Waals surface area contributed by atoms with Crippen LogP contribution >= 0.6 is 0 Å². The SMILES string of the molecule is Cc1ccc(C(=O)N2C3CC(=O)C(C4C(=O)N(c5ccccc5)C(=O)C43)C2C2CCCCC2)cc1. The number of rotatable bonds is 3. The van der Waals surface area contributed by atoms with Crippen LogP contribution in [-0.2, 0) is 14.4 Å². The van der Waals surface area contributed by atoms with E-state index in [1.807, 2.05) is 42.2 Å². The Labute approximate surface area is 205 Å². The van der Waals surface area contributed by atoms with Crippen LogP contribution in [0.25, 0.3) is 0 Å². The Morgan fingerprint density at radius 1 is 0.800 bits per heavy atom. The van der Waals surface area contributed by atoms with Crippen LogP contribution < -0.4 is 4.90 Å². The summed E-state index contributed by atoms with van der Waals surface area (Å²) in [6, 6.07) is 15.5. The molecule has 2 saturated carbocycles. The molecule has 3 heterocycles. The van der Waals surface area contributed by atoms with Crippen molar-refractivity contribution in [1.29, 1.82) is 0 Å². The molecule has 5 unspecified atom stereocenters. The van der Waals surface area contributed by atoms with Gasteiger partial charge in [-0.15, -0.1) is 0 Å². The van der Waals surface area contributed by atoms with Crippen molar-refractivity contribution in [1.82, 2.24) is 4.90 Å². The molecule has 3 saturated heterocycles. The summed E-state index contributed by atoms with van der Waals surface area (Å²) in [5.74, 6) is -2.44. The third kappa shape index (κ3) is 3.37. The number of amides is 3. The van der Waals surface area contributed by atoms with E-state index in [9.17, 15) is 19.2 Å². The van der Waals surface area contributed by atoms with E-state index < -0.39 is 23.8 Å². The van der Waals surface area contributed by atoms with Crippen molar-refractivity contribution in [2.45, 2.75) is 57.5 Å². The molecule has 5 aliphatic rings. The minimum Gasteiger partial charge on any atom is -0.330 e. The van der Waals surface area contributed by atoms with Gasteiger partial charge in [-0.25, -0.2) is 4.90 Å². The summed E-state index contributed by atoms with van der Waals surface area (Å²) < 4.78 is 0. The van der Waals surface area contributed by atoms with Crippen LogP contribution in [0.2, 0.25) is 0 Å². The van der Waals surface area contributed by atoms with Crippen molar-refractivity contribution in [3.8, 4) is 0 Å². The lowest BCUT2D eigenvalue weighted by Gasteiger charge is -2.57. The molecular formula is C29H30N2O4. The van der Waals surface area contributed by atoms with Crippen LogP contribution in [0.3, 0.4) is 0 Å². The normalized spacial score (nSPS) is 30.7. The van der Waals surface area contributed by atoms with Gasteiger partial charge in [-0.2, -0.15) is 0 Å². The Bertz CT molecular complexity index is 1180. The number of Topliss-reactive ketones (excluding diaryl/α,β-unsaturated/α-hetero) is 1. The van der Waals surface area contributed by atoms with Gasteiger partial charge in [0.15, 0.2) is 0 Å². The summed E-state index contributed by atoms with van der Waals surface area (Å²) in [6.07, 6.45) is 5.32. The highest BCUT2D eigenvalue weighted by molar-refractivity contribution is 6.24. The van der Waals surface area contributed by atoms with Crippen molar-refractivity contribution < 1.29 is 19.2 Å².